The smallest absolute Gasteiger partial charge is 0.0543 e. The van der Waals surface area contributed by atoms with Gasteiger partial charge in [0, 0.05) is 10.8 Å². The summed E-state index contributed by atoms with van der Waals surface area (Å²) in [5, 5.41) is 5.47. The molecule has 2 heterocycles. The predicted octanol–water partition coefficient (Wildman–Crippen LogP) is 11.4. The van der Waals surface area contributed by atoms with Crippen molar-refractivity contribution in [2.45, 2.75) is 51.4 Å². The zero-order valence-electron chi connectivity index (χ0n) is 25.3. The van der Waals surface area contributed by atoms with Gasteiger partial charge in [-0.25, -0.2) is 0 Å². The molecule has 0 saturated carbocycles. The minimum Gasteiger partial charge on any atom is -0.309 e. The second-order valence-electron chi connectivity index (χ2n) is 13.7. The van der Waals surface area contributed by atoms with Gasteiger partial charge >= 0.3 is 0 Å². The van der Waals surface area contributed by atoms with E-state index < -0.39 is 0 Å². The van der Waals surface area contributed by atoms with E-state index in [-0.39, 0.29) is 10.8 Å². The van der Waals surface area contributed by atoms with Gasteiger partial charge in [0.25, 0.3) is 0 Å². The fourth-order valence-electron chi connectivity index (χ4n) is 8.42. The van der Waals surface area contributed by atoms with Crippen LogP contribution in [0.4, 0.5) is 17.1 Å². The van der Waals surface area contributed by atoms with Crippen molar-refractivity contribution in [3.05, 3.63) is 143 Å². The molecule has 1 heteroatoms. The monoisotopic (exact) mass is 553 g/mol. The molecule has 43 heavy (non-hydrogen) atoms. The lowest BCUT2D eigenvalue weighted by Crippen LogP contribution is -2.38. The molecule has 0 radical (unpaired) electrons. The molecule has 1 nitrogen and oxygen atoms in total. The Morgan fingerprint density at radius 1 is 0.535 bits per heavy atom. The number of nitrogens with zero attached hydrogens (tertiary/aromatic N) is 1. The molecular formula is C42H35N. The van der Waals surface area contributed by atoms with E-state index in [1.165, 1.54) is 83.1 Å². The summed E-state index contributed by atoms with van der Waals surface area (Å²) < 4.78 is 0. The summed E-state index contributed by atoms with van der Waals surface area (Å²) in [6, 6.07) is 39.2. The van der Waals surface area contributed by atoms with E-state index in [1.807, 2.05) is 0 Å². The molecule has 6 aromatic carbocycles. The second-order valence-corrected chi connectivity index (χ2v) is 13.7. The quantitative estimate of drug-likeness (QED) is 0.183. The van der Waals surface area contributed by atoms with Gasteiger partial charge < -0.3 is 4.90 Å². The lowest BCUT2D eigenvalue weighted by atomic mass is 9.66. The van der Waals surface area contributed by atoms with Crippen molar-refractivity contribution < 1.29 is 0 Å². The number of benzene rings is 6. The van der Waals surface area contributed by atoms with Crippen LogP contribution in [0.3, 0.4) is 0 Å². The summed E-state index contributed by atoms with van der Waals surface area (Å²) in [7, 11) is 0. The van der Waals surface area contributed by atoms with Crippen molar-refractivity contribution in [3.63, 3.8) is 0 Å². The lowest BCUT2D eigenvalue weighted by molar-refractivity contribution is 0.597. The third-order valence-electron chi connectivity index (χ3n) is 10.7. The maximum Gasteiger partial charge on any atom is 0.0543 e. The van der Waals surface area contributed by atoms with E-state index in [0.29, 0.717) is 0 Å². The lowest BCUT2D eigenvalue weighted by Gasteiger charge is -2.49. The Bertz CT molecular complexity index is 2190. The Morgan fingerprint density at radius 2 is 1.16 bits per heavy atom. The third kappa shape index (κ3) is 3.23. The summed E-state index contributed by atoms with van der Waals surface area (Å²) in [5.41, 5.74) is 14.8. The summed E-state index contributed by atoms with van der Waals surface area (Å²) in [4.78, 5) is 2.55. The Morgan fingerprint density at radius 3 is 2.00 bits per heavy atom. The van der Waals surface area contributed by atoms with Gasteiger partial charge in [-0.2, -0.15) is 0 Å². The zero-order valence-corrected chi connectivity index (χ0v) is 25.3. The molecule has 0 saturated heterocycles. The molecule has 0 aromatic heterocycles. The Kier molecular flexibility index (Phi) is 4.92. The van der Waals surface area contributed by atoms with Crippen LogP contribution in [0.5, 0.6) is 0 Å². The molecule has 0 unspecified atom stereocenters. The highest BCUT2D eigenvalue weighted by atomic mass is 15.2. The van der Waals surface area contributed by atoms with Crippen LogP contribution < -0.4 is 4.90 Å². The molecule has 208 valence electrons. The summed E-state index contributed by atoms with van der Waals surface area (Å²) in [6.45, 7) is 9.57. The Hall–Kier alpha value is -4.62. The van der Waals surface area contributed by atoms with Crippen molar-refractivity contribution in [1.29, 1.82) is 0 Å². The third-order valence-corrected chi connectivity index (χ3v) is 10.7. The number of allylic oxidation sites excluding steroid dienone is 1. The maximum absolute atomic E-state index is 2.55. The second kappa shape index (κ2) is 8.48. The fourth-order valence-corrected chi connectivity index (χ4v) is 8.42. The first-order valence-electron chi connectivity index (χ1n) is 15.7. The molecule has 1 aliphatic carbocycles. The highest BCUT2D eigenvalue weighted by Crippen LogP contribution is 2.60. The van der Waals surface area contributed by atoms with Crippen LogP contribution in [0.2, 0.25) is 0 Å². The number of rotatable bonds is 1. The topological polar surface area (TPSA) is 3.24 Å². The van der Waals surface area contributed by atoms with E-state index in [0.717, 1.165) is 12.8 Å². The van der Waals surface area contributed by atoms with E-state index >= 15 is 0 Å². The molecule has 0 N–H and O–H groups in total. The highest BCUT2D eigenvalue weighted by molar-refractivity contribution is 6.13. The van der Waals surface area contributed by atoms with Crippen LogP contribution in [0.15, 0.2) is 109 Å². The molecule has 0 bridgehead atoms. The van der Waals surface area contributed by atoms with Crippen molar-refractivity contribution in [3.8, 4) is 11.1 Å². The van der Waals surface area contributed by atoms with E-state index in [4.69, 9.17) is 0 Å². The molecule has 0 spiro atoms. The molecule has 3 aliphatic rings. The van der Waals surface area contributed by atoms with Crippen molar-refractivity contribution in [2.75, 3.05) is 4.90 Å². The van der Waals surface area contributed by atoms with Crippen LogP contribution in [0, 0.1) is 0 Å². The molecule has 9 rings (SSSR count). The van der Waals surface area contributed by atoms with Gasteiger partial charge in [-0.1, -0.05) is 119 Å². The van der Waals surface area contributed by atoms with Crippen molar-refractivity contribution in [2.24, 2.45) is 0 Å². The van der Waals surface area contributed by atoms with Crippen LogP contribution in [0.25, 0.3) is 38.7 Å². The average Bonchev–Trinajstić information content (AvgIpc) is 3.04. The fraction of sp³-hybridized carbons (Fsp3) is 0.190. The number of anilines is 3. The van der Waals surface area contributed by atoms with Gasteiger partial charge in [-0.15, -0.1) is 0 Å². The summed E-state index contributed by atoms with van der Waals surface area (Å²) >= 11 is 0. The molecule has 2 aliphatic heterocycles. The van der Waals surface area contributed by atoms with Crippen LogP contribution in [-0.4, -0.2) is 0 Å². The number of para-hydroxylation sites is 2. The molecule has 6 aromatic rings. The van der Waals surface area contributed by atoms with Gasteiger partial charge in [0.2, 0.25) is 0 Å². The van der Waals surface area contributed by atoms with E-state index in [2.05, 4.69) is 148 Å². The van der Waals surface area contributed by atoms with Crippen LogP contribution in [-0.2, 0) is 17.3 Å². The first-order chi connectivity index (χ1) is 20.9. The predicted molar refractivity (Wildman–Crippen MR) is 183 cm³/mol. The Balaban J connectivity index is 1.27. The number of aryl methyl sites for hydroxylation is 1. The van der Waals surface area contributed by atoms with Crippen LogP contribution in [0.1, 0.15) is 67.5 Å². The van der Waals surface area contributed by atoms with Gasteiger partial charge in [0.1, 0.15) is 0 Å². The molecular weight excluding hydrogens is 518 g/mol. The minimum atomic E-state index is -0.132. The number of hydrogen-bond acceptors (Lipinski definition) is 1. The standard InChI is InChI=1S/C42H35N/c1-41(2)34-16-9-10-19-38(34)43-39-23-21-27(25-37(39)42(3,4)36-18-11-17-35(41)40(36)43)26-20-22-32-30-14-6-5-12-28(30)29-13-7-8-15-31(29)33(32)24-26/h5-7,9-14,16-25H,8,15H2,1-4H3. The number of fused-ring (bicyclic) bond motifs is 10. The molecule has 0 fully saturated rings. The average molecular weight is 554 g/mol. The van der Waals surface area contributed by atoms with E-state index in [9.17, 15) is 0 Å². The maximum atomic E-state index is 2.55. The summed E-state index contributed by atoms with van der Waals surface area (Å²) in [5.74, 6) is 0. The highest BCUT2D eigenvalue weighted by Gasteiger charge is 2.45. The van der Waals surface area contributed by atoms with Gasteiger partial charge in [0.05, 0.1) is 17.1 Å². The zero-order chi connectivity index (χ0) is 29.1. The van der Waals surface area contributed by atoms with Gasteiger partial charge in [0.15, 0.2) is 0 Å². The van der Waals surface area contributed by atoms with Crippen molar-refractivity contribution in [1.82, 2.24) is 0 Å². The summed E-state index contributed by atoms with van der Waals surface area (Å²) in [6.07, 6.45) is 6.88. The molecule has 0 atom stereocenters. The van der Waals surface area contributed by atoms with Crippen molar-refractivity contribution >= 4 is 44.7 Å². The Labute approximate surface area is 254 Å². The first-order valence-corrected chi connectivity index (χ1v) is 15.7. The van der Waals surface area contributed by atoms with Gasteiger partial charge in [-0.3, -0.25) is 0 Å². The SMILES string of the molecule is CC1(C)c2ccccc2N2c3ccc(-c4ccc5c(c4)c4c(c6ccccc65)C=CCC4)cc3C(C)(C)c3cccc1c32. The normalized spacial score (nSPS) is 16.9. The van der Waals surface area contributed by atoms with Gasteiger partial charge in [-0.05, 0) is 103 Å². The number of hydrogen-bond donors (Lipinski definition) is 0. The largest absolute Gasteiger partial charge is 0.309 e. The first kappa shape index (κ1) is 24.9. The minimum absolute atomic E-state index is 0.0600. The van der Waals surface area contributed by atoms with Crippen LogP contribution >= 0.6 is 0 Å². The molecule has 0 amide bonds. The van der Waals surface area contributed by atoms with E-state index in [1.54, 1.807) is 0 Å².